The highest BCUT2D eigenvalue weighted by Gasteiger charge is 2.38. The second-order valence-electron chi connectivity index (χ2n) is 7.64. The molecular formula is C23H26N2O3. The van der Waals surface area contributed by atoms with Gasteiger partial charge in [-0.15, -0.1) is 0 Å². The van der Waals surface area contributed by atoms with E-state index in [-0.39, 0.29) is 17.7 Å². The third-order valence-electron chi connectivity index (χ3n) is 5.66. The summed E-state index contributed by atoms with van der Waals surface area (Å²) in [6.45, 7) is 0.525. The van der Waals surface area contributed by atoms with Crippen molar-refractivity contribution in [3.8, 4) is 11.5 Å². The average molecular weight is 378 g/mol. The van der Waals surface area contributed by atoms with Gasteiger partial charge in [0.2, 0.25) is 11.8 Å². The maximum Gasteiger partial charge on any atom is 0.229 e. The molecule has 1 aliphatic carbocycles. The Balaban J connectivity index is 1.42. The molecular weight excluding hydrogens is 352 g/mol. The van der Waals surface area contributed by atoms with Gasteiger partial charge in [-0.3, -0.25) is 9.59 Å². The zero-order valence-corrected chi connectivity index (χ0v) is 16.0. The number of carbonyl (C=O) groups is 2. The van der Waals surface area contributed by atoms with E-state index in [1.807, 2.05) is 59.5 Å². The van der Waals surface area contributed by atoms with Crippen LogP contribution in [0.3, 0.4) is 0 Å². The van der Waals surface area contributed by atoms with Gasteiger partial charge >= 0.3 is 0 Å². The van der Waals surface area contributed by atoms with Gasteiger partial charge in [0.25, 0.3) is 0 Å². The van der Waals surface area contributed by atoms with Crippen molar-refractivity contribution >= 4 is 17.5 Å². The number of amides is 2. The van der Waals surface area contributed by atoms with E-state index in [1.165, 1.54) is 19.3 Å². The van der Waals surface area contributed by atoms with Crippen molar-refractivity contribution in [2.45, 2.75) is 44.6 Å². The van der Waals surface area contributed by atoms with E-state index in [1.54, 1.807) is 0 Å². The number of anilines is 1. The zero-order chi connectivity index (χ0) is 19.3. The molecule has 1 N–H and O–H groups in total. The van der Waals surface area contributed by atoms with Crippen LogP contribution in [0.25, 0.3) is 0 Å². The van der Waals surface area contributed by atoms with Gasteiger partial charge in [-0.25, -0.2) is 0 Å². The summed E-state index contributed by atoms with van der Waals surface area (Å²) in [5.41, 5.74) is 0.625. The van der Waals surface area contributed by atoms with E-state index in [2.05, 4.69) is 5.32 Å². The normalized spacial score (nSPS) is 20.2. The highest BCUT2D eigenvalue weighted by Crippen LogP contribution is 2.32. The lowest BCUT2D eigenvalue weighted by Gasteiger charge is -2.31. The molecule has 28 heavy (non-hydrogen) atoms. The highest BCUT2D eigenvalue weighted by atomic mass is 16.5. The maximum atomic E-state index is 12.8. The molecule has 1 saturated heterocycles. The lowest BCUT2D eigenvalue weighted by Crippen LogP contribution is -2.38. The molecule has 4 rings (SSSR count). The van der Waals surface area contributed by atoms with Crippen LogP contribution >= 0.6 is 0 Å². The van der Waals surface area contributed by atoms with E-state index < -0.39 is 0 Å². The van der Waals surface area contributed by atoms with Crippen LogP contribution in [0.2, 0.25) is 0 Å². The van der Waals surface area contributed by atoms with Crippen molar-refractivity contribution in [3.05, 3.63) is 54.6 Å². The fourth-order valence-corrected chi connectivity index (χ4v) is 4.16. The summed E-state index contributed by atoms with van der Waals surface area (Å²) in [6, 6.07) is 17.2. The Morgan fingerprint density at radius 3 is 2.46 bits per heavy atom. The molecule has 2 aliphatic rings. The van der Waals surface area contributed by atoms with Crippen LogP contribution in [-0.2, 0) is 9.59 Å². The molecule has 1 heterocycles. The van der Waals surface area contributed by atoms with Gasteiger partial charge in [-0.05, 0) is 37.1 Å². The lowest BCUT2D eigenvalue weighted by molar-refractivity contribution is -0.130. The fourth-order valence-electron chi connectivity index (χ4n) is 4.16. The quantitative estimate of drug-likeness (QED) is 0.827. The van der Waals surface area contributed by atoms with Crippen LogP contribution < -0.4 is 10.1 Å². The monoisotopic (exact) mass is 378 g/mol. The number of hydrogen-bond donors (Lipinski definition) is 1. The van der Waals surface area contributed by atoms with Crippen molar-refractivity contribution in [2.24, 2.45) is 5.92 Å². The second kappa shape index (κ2) is 8.46. The van der Waals surface area contributed by atoms with E-state index in [0.29, 0.717) is 36.2 Å². The van der Waals surface area contributed by atoms with E-state index in [4.69, 9.17) is 4.74 Å². The molecule has 2 aromatic rings. The van der Waals surface area contributed by atoms with Crippen molar-refractivity contribution in [3.63, 3.8) is 0 Å². The maximum absolute atomic E-state index is 12.8. The second-order valence-corrected chi connectivity index (χ2v) is 7.64. The van der Waals surface area contributed by atoms with Gasteiger partial charge in [0.1, 0.15) is 5.75 Å². The Morgan fingerprint density at radius 2 is 1.68 bits per heavy atom. The molecule has 146 valence electrons. The molecule has 5 heteroatoms. The predicted octanol–water partition coefficient (Wildman–Crippen LogP) is 4.60. The van der Waals surface area contributed by atoms with Crippen LogP contribution in [0.1, 0.15) is 38.5 Å². The SMILES string of the molecule is O=C(Nc1ccccc1Oc1ccccc1)C1CC(=O)N(C2CCCCC2)C1. The Hall–Kier alpha value is -2.82. The number of likely N-dealkylation sites (tertiary alicyclic amines) is 1. The minimum atomic E-state index is -0.306. The summed E-state index contributed by atoms with van der Waals surface area (Å²) in [5, 5.41) is 2.97. The first kappa shape index (κ1) is 18.5. The fraction of sp³-hybridized carbons (Fsp3) is 0.391. The van der Waals surface area contributed by atoms with Crippen LogP contribution in [0, 0.1) is 5.92 Å². The Labute approximate surface area is 165 Å². The minimum absolute atomic E-state index is 0.112. The minimum Gasteiger partial charge on any atom is -0.455 e. The molecule has 0 bridgehead atoms. The third kappa shape index (κ3) is 4.19. The first-order valence-electron chi connectivity index (χ1n) is 10.1. The average Bonchev–Trinajstić information content (AvgIpc) is 3.13. The summed E-state index contributed by atoms with van der Waals surface area (Å²) < 4.78 is 5.92. The van der Waals surface area contributed by atoms with Crippen molar-refractivity contribution in [1.82, 2.24) is 4.90 Å². The van der Waals surface area contributed by atoms with Gasteiger partial charge < -0.3 is 15.0 Å². The van der Waals surface area contributed by atoms with Crippen LogP contribution in [0.15, 0.2) is 54.6 Å². The zero-order valence-electron chi connectivity index (χ0n) is 16.0. The first-order chi connectivity index (χ1) is 13.7. The molecule has 1 atom stereocenters. The molecule has 1 saturated carbocycles. The molecule has 0 aromatic heterocycles. The topological polar surface area (TPSA) is 58.6 Å². The molecule has 1 aliphatic heterocycles. The standard InChI is InChI=1S/C23H26N2O3/c26-22-15-17(16-25(22)18-9-3-1-4-10-18)23(27)24-20-13-7-8-14-21(20)28-19-11-5-2-6-12-19/h2,5-8,11-14,17-18H,1,3-4,9-10,15-16H2,(H,24,27). The van der Waals surface area contributed by atoms with Gasteiger partial charge in [-0.1, -0.05) is 49.6 Å². The smallest absolute Gasteiger partial charge is 0.229 e. The summed E-state index contributed by atoms with van der Waals surface area (Å²) in [4.78, 5) is 27.3. The number of para-hydroxylation sites is 3. The van der Waals surface area contributed by atoms with Crippen molar-refractivity contribution in [2.75, 3.05) is 11.9 Å². The molecule has 1 unspecified atom stereocenters. The highest BCUT2D eigenvalue weighted by molar-refractivity contribution is 5.98. The molecule has 0 spiro atoms. The Bertz CT molecular complexity index is 831. The number of ether oxygens (including phenoxy) is 1. The number of benzene rings is 2. The van der Waals surface area contributed by atoms with Crippen LogP contribution in [-0.4, -0.2) is 29.3 Å². The summed E-state index contributed by atoms with van der Waals surface area (Å²) in [7, 11) is 0. The van der Waals surface area contributed by atoms with E-state index in [0.717, 1.165) is 12.8 Å². The van der Waals surface area contributed by atoms with E-state index >= 15 is 0 Å². The molecule has 0 radical (unpaired) electrons. The Morgan fingerprint density at radius 1 is 0.964 bits per heavy atom. The number of nitrogens with zero attached hydrogens (tertiary/aromatic N) is 1. The van der Waals surface area contributed by atoms with E-state index in [9.17, 15) is 9.59 Å². The number of carbonyl (C=O) groups excluding carboxylic acids is 2. The molecule has 2 fully saturated rings. The summed E-state index contributed by atoms with van der Waals surface area (Å²) >= 11 is 0. The largest absolute Gasteiger partial charge is 0.455 e. The predicted molar refractivity (Wildman–Crippen MR) is 108 cm³/mol. The van der Waals surface area contributed by atoms with Crippen molar-refractivity contribution in [1.29, 1.82) is 0 Å². The van der Waals surface area contributed by atoms with Gasteiger partial charge in [0, 0.05) is 19.0 Å². The first-order valence-corrected chi connectivity index (χ1v) is 10.1. The summed E-state index contributed by atoms with van der Waals surface area (Å²) in [6.07, 6.45) is 6.03. The summed E-state index contributed by atoms with van der Waals surface area (Å²) in [5.74, 6) is 0.995. The van der Waals surface area contributed by atoms with Gasteiger partial charge in [0.05, 0.1) is 11.6 Å². The number of rotatable bonds is 5. The third-order valence-corrected chi connectivity index (χ3v) is 5.66. The Kier molecular flexibility index (Phi) is 5.60. The van der Waals surface area contributed by atoms with Gasteiger partial charge in [0.15, 0.2) is 5.75 Å². The van der Waals surface area contributed by atoms with Crippen LogP contribution in [0.5, 0.6) is 11.5 Å². The number of nitrogens with one attached hydrogen (secondary N) is 1. The lowest BCUT2D eigenvalue weighted by atomic mass is 9.94. The molecule has 2 aromatic carbocycles. The number of hydrogen-bond acceptors (Lipinski definition) is 3. The molecule has 5 nitrogen and oxygen atoms in total. The molecule has 2 amide bonds. The van der Waals surface area contributed by atoms with Gasteiger partial charge in [-0.2, -0.15) is 0 Å². The van der Waals surface area contributed by atoms with Crippen LogP contribution in [0.4, 0.5) is 5.69 Å². The van der Waals surface area contributed by atoms with Crippen molar-refractivity contribution < 1.29 is 14.3 Å².